The van der Waals surface area contributed by atoms with Gasteiger partial charge >= 0.3 is 0 Å². The molecule has 0 aliphatic heterocycles. The molecule has 1 spiro atoms. The molecular weight excluding hydrogens is 352 g/mol. The number of rotatable bonds is 0. The summed E-state index contributed by atoms with van der Waals surface area (Å²) in [7, 11) is 0. The normalized spacial score (nSPS) is 41.3. The molecule has 94 valence electrons. The summed E-state index contributed by atoms with van der Waals surface area (Å²) < 4.78 is 0. The molecule has 0 radical (unpaired) electrons. The standard InChI is InChI=1S/C12H14Br2O3/c1-11(2)4-6(15)5-12(11)8(16)3-7(13)9(17)10(12)14/h7,10H,3-5H2,1-2H3. The third-order valence-corrected chi connectivity index (χ3v) is 6.18. The predicted molar refractivity (Wildman–Crippen MR) is 70.5 cm³/mol. The quantitative estimate of drug-likeness (QED) is 0.619. The first-order chi connectivity index (χ1) is 7.72. The summed E-state index contributed by atoms with van der Waals surface area (Å²) in [4.78, 5) is 35.2. The van der Waals surface area contributed by atoms with Gasteiger partial charge in [0.05, 0.1) is 15.1 Å². The van der Waals surface area contributed by atoms with Gasteiger partial charge in [-0.15, -0.1) is 0 Å². The molecule has 0 aromatic carbocycles. The second-order valence-corrected chi connectivity index (χ2v) is 7.63. The lowest BCUT2D eigenvalue weighted by molar-refractivity contribution is -0.143. The number of alkyl halides is 2. The van der Waals surface area contributed by atoms with Crippen LogP contribution in [0.1, 0.15) is 33.1 Å². The Morgan fingerprint density at radius 2 is 1.71 bits per heavy atom. The van der Waals surface area contributed by atoms with E-state index < -0.39 is 20.5 Å². The smallest absolute Gasteiger partial charge is 0.161 e. The highest BCUT2D eigenvalue weighted by Crippen LogP contribution is 2.58. The number of Topliss-reactive ketones (excluding diaryl/α,β-unsaturated/α-hetero) is 3. The molecule has 2 aliphatic rings. The maximum atomic E-state index is 12.4. The molecule has 0 saturated heterocycles. The highest BCUT2D eigenvalue weighted by molar-refractivity contribution is 9.10. The van der Waals surface area contributed by atoms with Gasteiger partial charge in [-0.05, 0) is 5.41 Å². The van der Waals surface area contributed by atoms with Crippen molar-refractivity contribution in [1.29, 1.82) is 0 Å². The molecule has 0 aromatic rings. The average molecular weight is 366 g/mol. The highest BCUT2D eigenvalue weighted by atomic mass is 79.9. The van der Waals surface area contributed by atoms with E-state index >= 15 is 0 Å². The number of halogens is 2. The van der Waals surface area contributed by atoms with Crippen molar-refractivity contribution >= 4 is 49.2 Å². The number of carbonyl (C=O) groups is 3. The summed E-state index contributed by atoms with van der Waals surface area (Å²) in [6.07, 6.45) is 0.763. The summed E-state index contributed by atoms with van der Waals surface area (Å²) in [5.41, 5.74) is -1.29. The van der Waals surface area contributed by atoms with Gasteiger partial charge in [0.1, 0.15) is 11.6 Å². The van der Waals surface area contributed by atoms with E-state index in [0.717, 1.165) is 0 Å². The molecule has 3 unspecified atom stereocenters. The summed E-state index contributed by atoms with van der Waals surface area (Å²) in [6.45, 7) is 3.82. The third-order valence-electron chi connectivity index (χ3n) is 4.18. The first-order valence-electron chi connectivity index (χ1n) is 5.59. The van der Waals surface area contributed by atoms with E-state index in [-0.39, 0.29) is 30.2 Å². The van der Waals surface area contributed by atoms with Crippen LogP contribution < -0.4 is 0 Å². The molecule has 0 N–H and O–H groups in total. The van der Waals surface area contributed by atoms with Crippen molar-refractivity contribution in [1.82, 2.24) is 0 Å². The predicted octanol–water partition coefficient (Wildman–Crippen LogP) is 2.43. The zero-order valence-electron chi connectivity index (χ0n) is 9.76. The van der Waals surface area contributed by atoms with Gasteiger partial charge in [0, 0.05) is 19.3 Å². The lowest BCUT2D eigenvalue weighted by Gasteiger charge is -2.45. The van der Waals surface area contributed by atoms with Crippen molar-refractivity contribution in [2.45, 2.75) is 42.8 Å². The third kappa shape index (κ3) is 1.69. The number of hydrogen-bond acceptors (Lipinski definition) is 3. The minimum atomic E-state index is -0.842. The van der Waals surface area contributed by atoms with Crippen molar-refractivity contribution in [3.05, 3.63) is 0 Å². The number of ketones is 3. The zero-order valence-corrected chi connectivity index (χ0v) is 12.9. The molecule has 17 heavy (non-hydrogen) atoms. The van der Waals surface area contributed by atoms with E-state index in [1.54, 1.807) is 0 Å². The molecule has 0 aromatic heterocycles. The van der Waals surface area contributed by atoms with Gasteiger partial charge < -0.3 is 0 Å². The molecule has 2 aliphatic carbocycles. The zero-order chi connectivity index (χ0) is 13.0. The van der Waals surface area contributed by atoms with Crippen LogP contribution in [-0.4, -0.2) is 27.0 Å². The Balaban J connectivity index is 2.52. The molecule has 2 fully saturated rings. The van der Waals surface area contributed by atoms with Crippen molar-refractivity contribution in [2.24, 2.45) is 10.8 Å². The molecule has 0 bridgehead atoms. The van der Waals surface area contributed by atoms with E-state index in [1.165, 1.54) is 0 Å². The van der Waals surface area contributed by atoms with E-state index in [4.69, 9.17) is 0 Å². The van der Waals surface area contributed by atoms with Crippen molar-refractivity contribution < 1.29 is 14.4 Å². The van der Waals surface area contributed by atoms with Crippen LogP contribution in [0.3, 0.4) is 0 Å². The molecule has 3 nitrogen and oxygen atoms in total. The Hall–Kier alpha value is -0.0300. The Labute approximate surface area is 117 Å². The molecule has 0 amide bonds. The van der Waals surface area contributed by atoms with Gasteiger partial charge in [0.25, 0.3) is 0 Å². The maximum absolute atomic E-state index is 12.4. The van der Waals surface area contributed by atoms with Gasteiger partial charge in [-0.25, -0.2) is 0 Å². The fourth-order valence-corrected chi connectivity index (χ4v) is 5.43. The fraction of sp³-hybridized carbons (Fsp3) is 0.750. The minimum absolute atomic E-state index is 0.0209. The Bertz CT molecular complexity index is 416. The largest absolute Gasteiger partial charge is 0.300 e. The molecular formula is C12H14Br2O3. The summed E-state index contributed by atoms with van der Waals surface area (Å²) in [6, 6.07) is 0. The van der Waals surface area contributed by atoms with Crippen LogP contribution in [0, 0.1) is 10.8 Å². The first-order valence-corrected chi connectivity index (χ1v) is 7.42. The molecule has 3 atom stereocenters. The Kier molecular flexibility index (Phi) is 3.14. The van der Waals surface area contributed by atoms with Crippen LogP contribution in [0.2, 0.25) is 0 Å². The van der Waals surface area contributed by atoms with Crippen LogP contribution in [0.25, 0.3) is 0 Å². The Morgan fingerprint density at radius 1 is 1.12 bits per heavy atom. The van der Waals surface area contributed by atoms with E-state index in [1.807, 2.05) is 13.8 Å². The SMILES string of the molecule is CC1(C)CC(=O)CC12C(=O)CC(Br)C(=O)C2Br. The van der Waals surface area contributed by atoms with Gasteiger partial charge in [-0.2, -0.15) is 0 Å². The van der Waals surface area contributed by atoms with Crippen LogP contribution in [-0.2, 0) is 14.4 Å². The lowest BCUT2D eigenvalue weighted by atomic mass is 9.59. The van der Waals surface area contributed by atoms with Gasteiger partial charge in [0.2, 0.25) is 0 Å². The fourth-order valence-electron chi connectivity index (χ4n) is 3.16. The van der Waals surface area contributed by atoms with E-state index in [9.17, 15) is 14.4 Å². The highest BCUT2D eigenvalue weighted by Gasteiger charge is 2.64. The second kappa shape index (κ2) is 3.98. The van der Waals surface area contributed by atoms with Crippen molar-refractivity contribution in [2.75, 3.05) is 0 Å². The number of carbonyl (C=O) groups excluding carboxylic acids is 3. The minimum Gasteiger partial charge on any atom is -0.300 e. The number of hydrogen-bond donors (Lipinski definition) is 0. The molecule has 2 rings (SSSR count). The molecule has 5 heteroatoms. The van der Waals surface area contributed by atoms with Crippen LogP contribution in [0.15, 0.2) is 0 Å². The maximum Gasteiger partial charge on any atom is 0.161 e. The lowest BCUT2D eigenvalue weighted by Crippen LogP contribution is -2.56. The van der Waals surface area contributed by atoms with Crippen molar-refractivity contribution in [3.63, 3.8) is 0 Å². The van der Waals surface area contributed by atoms with E-state index in [0.29, 0.717) is 6.42 Å². The van der Waals surface area contributed by atoms with E-state index in [2.05, 4.69) is 31.9 Å². The van der Waals surface area contributed by atoms with Gasteiger partial charge in [-0.1, -0.05) is 45.7 Å². The van der Waals surface area contributed by atoms with Gasteiger partial charge in [-0.3, -0.25) is 14.4 Å². The topological polar surface area (TPSA) is 51.2 Å². The first kappa shape index (κ1) is 13.4. The monoisotopic (exact) mass is 364 g/mol. The molecule has 0 heterocycles. The van der Waals surface area contributed by atoms with Crippen LogP contribution >= 0.6 is 31.9 Å². The summed E-state index contributed by atoms with van der Waals surface area (Å²) in [5, 5.41) is 0. The van der Waals surface area contributed by atoms with Crippen molar-refractivity contribution in [3.8, 4) is 0 Å². The summed E-state index contributed by atoms with van der Waals surface area (Å²) >= 11 is 6.60. The van der Waals surface area contributed by atoms with Crippen LogP contribution in [0.5, 0.6) is 0 Å². The average Bonchev–Trinajstić information content (AvgIpc) is 2.44. The Morgan fingerprint density at radius 3 is 2.18 bits per heavy atom. The van der Waals surface area contributed by atoms with Crippen LogP contribution in [0.4, 0.5) is 0 Å². The molecule has 2 saturated carbocycles. The van der Waals surface area contributed by atoms with Gasteiger partial charge in [0.15, 0.2) is 5.78 Å². The second-order valence-electron chi connectivity index (χ2n) is 5.61. The summed E-state index contributed by atoms with van der Waals surface area (Å²) in [5.74, 6) is 0.0812.